The summed E-state index contributed by atoms with van der Waals surface area (Å²) < 4.78 is 9.74. The zero-order valence-electron chi connectivity index (χ0n) is 14.1. The summed E-state index contributed by atoms with van der Waals surface area (Å²) in [5, 5.41) is 12.2. The first-order chi connectivity index (χ1) is 12.5. The van der Waals surface area contributed by atoms with E-state index in [1.54, 1.807) is 36.4 Å². The van der Waals surface area contributed by atoms with Crippen LogP contribution in [0.5, 0.6) is 5.75 Å². The summed E-state index contributed by atoms with van der Waals surface area (Å²) in [6.45, 7) is 0. The van der Waals surface area contributed by atoms with Crippen LogP contribution in [0.1, 0.15) is 15.9 Å². The Bertz CT molecular complexity index is 916. The first-order valence-corrected chi connectivity index (χ1v) is 7.82. The highest BCUT2D eigenvalue weighted by molar-refractivity contribution is 6.32. The van der Waals surface area contributed by atoms with Crippen molar-refractivity contribution in [1.82, 2.24) is 0 Å². The minimum atomic E-state index is -0.657. The zero-order chi connectivity index (χ0) is 19.1. The number of nitrogens with zero attached hydrogens (tertiary/aromatic N) is 1. The van der Waals surface area contributed by atoms with E-state index >= 15 is 0 Å². The van der Waals surface area contributed by atoms with Gasteiger partial charge in [0.25, 0.3) is 5.91 Å². The van der Waals surface area contributed by atoms with Gasteiger partial charge in [-0.2, -0.15) is 5.26 Å². The molecule has 0 atom stereocenters. The van der Waals surface area contributed by atoms with Crippen LogP contribution in [0.15, 0.2) is 48.0 Å². The van der Waals surface area contributed by atoms with Crippen molar-refractivity contribution >= 4 is 35.2 Å². The van der Waals surface area contributed by atoms with Crippen molar-refractivity contribution in [3.8, 4) is 11.8 Å². The number of rotatable bonds is 5. The van der Waals surface area contributed by atoms with Crippen LogP contribution in [-0.2, 0) is 9.53 Å². The number of halogens is 1. The predicted octanol–water partition coefficient (Wildman–Crippen LogP) is 3.68. The molecule has 0 aliphatic heterocycles. The number of para-hydroxylation sites is 1. The van der Waals surface area contributed by atoms with E-state index in [0.717, 1.165) is 0 Å². The maximum atomic E-state index is 12.4. The summed E-state index contributed by atoms with van der Waals surface area (Å²) in [5.41, 5.74) is 0.848. The number of anilines is 1. The molecule has 2 aromatic rings. The molecule has 0 aromatic heterocycles. The molecule has 0 radical (unpaired) electrons. The van der Waals surface area contributed by atoms with Crippen molar-refractivity contribution < 1.29 is 19.1 Å². The second-order valence-electron chi connectivity index (χ2n) is 5.06. The molecule has 0 bridgehead atoms. The molecule has 2 aromatic carbocycles. The number of carbonyl (C=O) groups is 2. The van der Waals surface area contributed by atoms with Gasteiger partial charge < -0.3 is 14.8 Å². The Morgan fingerprint density at radius 2 is 1.92 bits per heavy atom. The second kappa shape index (κ2) is 8.70. The SMILES string of the molecule is COC(=O)c1ccccc1NC(=O)/C(C#N)=C\c1ccc(OC)c(Cl)c1. The normalized spacial score (nSPS) is 10.6. The summed E-state index contributed by atoms with van der Waals surface area (Å²) in [6, 6.07) is 13.1. The predicted molar refractivity (Wildman–Crippen MR) is 98.0 cm³/mol. The zero-order valence-corrected chi connectivity index (χ0v) is 14.8. The third kappa shape index (κ3) is 4.41. The van der Waals surface area contributed by atoms with Crippen LogP contribution in [0.25, 0.3) is 6.08 Å². The highest BCUT2D eigenvalue weighted by atomic mass is 35.5. The number of esters is 1. The molecular formula is C19H15ClN2O4. The van der Waals surface area contributed by atoms with E-state index < -0.39 is 11.9 Å². The fourth-order valence-corrected chi connectivity index (χ4v) is 2.42. The quantitative estimate of drug-likeness (QED) is 0.492. The lowest BCUT2D eigenvalue weighted by molar-refractivity contribution is -0.112. The van der Waals surface area contributed by atoms with Crippen molar-refractivity contribution in [2.24, 2.45) is 0 Å². The van der Waals surface area contributed by atoms with Crippen LogP contribution in [-0.4, -0.2) is 26.1 Å². The Balaban J connectivity index is 2.29. The molecule has 132 valence electrons. The van der Waals surface area contributed by atoms with E-state index in [2.05, 4.69) is 10.1 Å². The molecule has 0 spiro atoms. The monoisotopic (exact) mass is 370 g/mol. The van der Waals surface area contributed by atoms with Crippen LogP contribution < -0.4 is 10.1 Å². The molecule has 0 saturated heterocycles. The number of methoxy groups -OCH3 is 2. The molecule has 0 saturated carbocycles. The van der Waals surface area contributed by atoms with Gasteiger partial charge in [-0.3, -0.25) is 4.79 Å². The number of nitriles is 1. The number of benzene rings is 2. The smallest absolute Gasteiger partial charge is 0.339 e. The minimum Gasteiger partial charge on any atom is -0.495 e. The molecule has 0 aliphatic rings. The average molecular weight is 371 g/mol. The molecule has 6 nitrogen and oxygen atoms in total. The molecule has 2 rings (SSSR count). The topological polar surface area (TPSA) is 88.4 Å². The minimum absolute atomic E-state index is 0.147. The van der Waals surface area contributed by atoms with Crippen molar-refractivity contribution in [2.75, 3.05) is 19.5 Å². The van der Waals surface area contributed by atoms with Gasteiger partial charge in [-0.05, 0) is 35.9 Å². The van der Waals surface area contributed by atoms with E-state index in [9.17, 15) is 14.9 Å². The Morgan fingerprint density at radius 3 is 2.54 bits per heavy atom. The molecule has 0 heterocycles. The molecule has 0 unspecified atom stereocenters. The Hall–Kier alpha value is -3.30. The summed E-state index contributed by atoms with van der Waals surface area (Å²) in [4.78, 5) is 24.2. The van der Waals surface area contributed by atoms with Gasteiger partial charge in [-0.15, -0.1) is 0 Å². The molecule has 0 fully saturated rings. The molecule has 1 N–H and O–H groups in total. The third-order valence-electron chi connectivity index (χ3n) is 3.43. The number of carbonyl (C=O) groups excluding carboxylic acids is 2. The number of hydrogen-bond acceptors (Lipinski definition) is 5. The maximum Gasteiger partial charge on any atom is 0.339 e. The number of amides is 1. The average Bonchev–Trinajstić information content (AvgIpc) is 2.66. The highest BCUT2D eigenvalue weighted by Gasteiger charge is 2.16. The van der Waals surface area contributed by atoms with Gasteiger partial charge in [0.2, 0.25) is 0 Å². The largest absolute Gasteiger partial charge is 0.495 e. The fraction of sp³-hybridized carbons (Fsp3) is 0.105. The van der Waals surface area contributed by atoms with Gasteiger partial charge in [0, 0.05) is 0 Å². The van der Waals surface area contributed by atoms with Crippen molar-refractivity contribution in [1.29, 1.82) is 5.26 Å². The molecular weight excluding hydrogens is 356 g/mol. The third-order valence-corrected chi connectivity index (χ3v) is 3.73. The summed E-state index contributed by atoms with van der Waals surface area (Å²) >= 11 is 6.05. The van der Waals surface area contributed by atoms with Gasteiger partial charge in [0.05, 0.1) is 30.5 Å². The van der Waals surface area contributed by atoms with E-state index in [0.29, 0.717) is 16.3 Å². The summed E-state index contributed by atoms with van der Waals surface area (Å²) in [6.07, 6.45) is 1.39. The first-order valence-electron chi connectivity index (χ1n) is 7.44. The summed E-state index contributed by atoms with van der Waals surface area (Å²) in [5.74, 6) is -0.764. The van der Waals surface area contributed by atoms with Crippen LogP contribution in [0, 0.1) is 11.3 Å². The van der Waals surface area contributed by atoms with E-state index in [1.165, 1.54) is 26.4 Å². The molecule has 7 heteroatoms. The molecule has 26 heavy (non-hydrogen) atoms. The highest BCUT2D eigenvalue weighted by Crippen LogP contribution is 2.26. The Morgan fingerprint density at radius 1 is 1.19 bits per heavy atom. The lowest BCUT2D eigenvalue weighted by Crippen LogP contribution is -2.16. The van der Waals surface area contributed by atoms with Crippen LogP contribution in [0.2, 0.25) is 5.02 Å². The van der Waals surface area contributed by atoms with Crippen LogP contribution >= 0.6 is 11.6 Å². The fourth-order valence-electron chi connectivity index (χ4n) is 2.16. The number of nitrogens with one attached hydrogen (secondary N) is 1. The van der Waals surface area contributed by atoms with Crippen LogP contribution in [0.4, 0.5) is 5.69 Å². The van der Waals surface area contributed by atoms with E-state index in [-0.39, 0.29) is 16.8 Å². The van der Waals surface area contributed by atoms with Crippen molar-refractivity contribution in [2.45, 2.75) is 0 Å². The van der Waals surface area contributed by atoms with Crippen molar-refractivity contribution in [3.63, 3.8) is 0 Å². The first kappa shape index (κ1) is 19.0. The number of hydrogen-bond donors (Lipinski definition) is 1. The lowest BCUT2D eigenvalue weighted by Gasteiger charge is -2.09. The second-order valence-corrected chi connectivity index (χ2v) is 5.46. The summed E-state index contributed by atoms with van der Waals surface area (Å²) in [7, 11) is 2.73. The van der Waals surface area contributed by atoms with Gasteiger partial charge in [-0.25, -0.2) is 4.79 Å². The standard InChI is InChI=1S/C19H15ClN2O4/c1-25-17-8-7-12(10-15(17)20)9-13(11-21)18(23)22-16-6-4-3-5-14(16)19(24)26-2/h3-10H,1-2H3,(H,22,23)/b13-9-. The molecule has 1 amide bonds. The van der Waals surface area contributed by atoms with Gasteiger partial charge >= 0.3 is 5.97 Å². The van der Waals surface area contributed by atoms with Crippen LogP contribution in [0.3, 0.4) is 0 Å². The molecule has 0 aliphatic carbocycles. The Labute approximate surface area is 155 Å². The van der Waals surface area contributed by atoms with E-state index in [4.69, 9.17) is 16.3 Å². The van der Waals surface area contributed by atoms with E-state index in [1.807, 2.05) is 6.07 Å². The van der Waals surface area contributed by atoms with Gasteiger partial charge in [0.15, 0.2) is 0 Å². The Kier molecular flexibility index (Phi) is 6.36. The van der Waals surface area contributed by atoms with Crippen molar-refractivity contribution in [3.05, 3.63) is 64.2 Å². The maximum absolute atomic E-state index is 12.4. The lowest BCUT2D eigenvalue weighted by atomic mass is 10.1. The number of ether oxygens (including phenoxy) is 2. The van der Waals surface area contributed by atoms with Gasteiger partial charge in [-0.1, -0.05) is 29.8 Å². The van der Waals surface area contributed by atoms with Gasteiger partial charge in [0.1, 0.15) is 17.4 Å².